The number of aromatic nitrogens is 2. The normalized spacial score (nSPS) is 10.8. The number of esters is 1. The third-order valence-corrected chi connectivity index (χ3v) is 3.43. The van der Waals surface area contributed by atoms with E-state index in [0.717, 1.165) is 11.0 Å². The Labute approximate surface area is 127 Å². The van der Waals surface area contributed by atoms with Crippen LogP contribution in [0.15, 0.2) is 48.8 Å². The van der Waals surface area contributed by atoms with E-state index in [1.165, 1.54) is 6.07 Å². The van der Waals surface area contributed by atoms with E-state index < -0.39 is 11.8 Å². The molecule has 3 rings (SSSR count). The Morgan fingerprint density at radius 2 is 2.09 bits per heavy atom. The number of rotatable bonds is 4. The van der Waals surface area contributed by atoms with Crippen LogP contribution in [0.25, 0.3) is 11.0 Å². The Bertz CT molecular complexity index is 826. The van der Waals surface area contributed by atoms with Gasteiger partial charge in [-0.05, 0) is 31.2 Å². The molecule has 0 N–H and O–H groups in total. The number of para-hydroxylation sites is 2. The molecule has 112 valence electrons. The number of fused-ring (bicyclic) bond motifs is 1. The first-order valence-electron chi connectivity index (χ1n) is 7.04. The standard InChI is InChI=1S/C17H15FN2O2/c1-2-22-17(21)12-7-8-13(14(18)9-12)10-20-11-19-15-5-3-4-6-16(15)20/h3-9,11H,2,10H2,1H3. The highest BCUT2D eigenvalue weighted by molar-refractivity contribution is 5.89. The third kappa shape index (κ3) is 2.70. The van der Waals surface area contributed by atoms with Crippen LogP contribution in [0.2, 0.25) is 0 Å². The molecule has 22 heavy (non-hydrogen) atoms. The van der Waals surface area contributed by atoms with Crippen LogP contribution in [0.1, 0.15) is 22.8 Å². The van der Waals surface area contributed by atoms with Crippen molar-refractivity contribution in [2.75, 3.05) is 6.61 Å². The SMILES string of the molecule is CCOC(=O)c1ccc(Cn2cnc3ccccc32)c(F)c1. The minimum atomic E-state index is -0.513. The summed E-state index contributed by atoms with van der Waals surface area (Å²) in [4.78, 5) is 15.9. The van der Waals surface area contributed by atoms with Gasteiger partial charge in [-0.3, -0.25) is 0 Å². The number of carbonyl (C=O) groups is 1. The lowest BCUT2D eigenvalue weighted by molar-refractivity contribution is 0.0526. The predicted molar refractivity (Wildman–Crippen MR) is 81.2 cm³/mol. The van der Waals surface area contributed by atoms with Crippen molar-refractivity contribution in [1.29, 1.82) is 0 Å². The molecule has 0 atom stereocenters. The van der Waals surface area contributed by atoms with E-state index in [-0.39, 0.29) is 12.2 Å². The summed E-state index contributed by atoms with van der Waals surface area (Å²) in [5.41, 5.74) is 2.53. The van der Waals surface area contributed by atoms with Gasteiger partial charge in [-0.1, -0.05) is 18.2 Å². The molecule has 0 radical (unpaired) electrons. The summed E-state index contributed by atoms with van der Waals surface area (Å²) in [6.45, 7) is 2.34. The number of carbonyl (C=O) groups excluding carboxylic acids is 1. The molecule has 4 nitrogen and oxygen atoms in total. The summed E-state index contributed by atoms with van der Waals surface area (Å²) in [6, 6.07) is 12.1. The molecule has 3 aromatic rings. The van der Waals surface area contributed by atoms with Crippen molar-refractivity contribution < 1.29 is 13.9 Å². The molecule has 0 unspecified atom stereocenters. The van der Waals surface area contributed by atoms with Gasteiger partial charge in [0.1, 0.15) is 5.82 Å². The highest BCUT2D eigenvalue weighted by Gasteiger charge is 2.11. The molecule has 0 saturated heterocycles. The van der Waals surface area contributed by atoms with Crippen LogP contribution >= 0.6 is 0 Å². The number of benzene rings is 2. The average molecular weight is 298 g/mol. The van der Waals surface area contributed by atoms with Gasteiger partial charge in [0.25, 0.3) is 0 Å². The molecule has 0 aliphatic heterocycles. The Hall–Kier alpha value is -2.69. The Morgan fingerprint density at radius 3 is 2.86 bits per heavy atom. The minimum Gasteiger partial charge on any atom is -0.462 e. The summed E-state index contributed by atoms with van der Waals surface area (Å²) in [5, 5.41) is 0. The highest BCUT2D eigenvalue weighted by atomic mass is 19.1. The summed E-state index contributed by atoms with van der Waals surface area (Å²) in [6.07, 6.45) is 1.68. The minimum absolute atomic E-state index is 0.221. The zero-order valence-electron chi connectivity index (χ0n) is 12.1. The van der Waals surface area contributed by atoms with Gasteiger partial charge in [0.15, 0.2) is 0 Å². The van der Waals surface area contributed by atoms with Gasteiger partial charge in [-0.25, -0.2) is 14.2 Å². The van der Waals surface area contributed by atoms with E-state index in [9.17, 15) is 9.18 Å². The number of hydrogen-bond acceptors (Lipinski definition) is 3. The Balaban J connectivity index is 1.88. The van der Waals surface area contributed by atoms with E-state index in [4.69, 9.17) is 4.74 Å². The van der Waals surface area contributed by atoms with E-state index in [1.807, 2.05) is 28.8 Å². The first kappa shape index (κ1) is 14.3. The maximum Gasteiger partial charge on any atom is 0.338 e. The van der Waals surface area contributed by atoms with Gasteiger partial charge < -0.3 is 9.30 Å². The van der Waals surface area contributed by atoms with Gasteiger partial charge in [0, 0.05) is 5.56 Å². The van der Waals surface area contributed by atoms with E-state index in [2.05, 4.69) is 4.98 Å². The predicted octanol–water partition coefficient (Wildman–Crippen LogP) is 3.40. The van der Waals surface area contributed by atoms with Gasteiger partial charge in [0.2, 0.25) is 0 Å². The number of imidazole rings is 1. The van der Waals surface area contributed by atoms with Crippen LogP contribution in [0.4, 0.5) is 4.39 Å². The molecule has 0 aliphatic carbocycles. The van der Waals surface area contributed by atoms with Crippen LogP contribution in [-0.2, 0) is 11.3 Å². The molecule has 2 aromatic carbocycles. The Morgan fingerprint density at radius 1 is 1.27 bits per heavy atom. The largest absolute Gasteiger partial charge is 0.462 e. The van der Waals surface area contributed by atoms with Crippen LogP contribution in [-0.4, -0.2) is 22.1 Å². The molecule has 0 fully saturated rings. The van der Waals surface area contributed by atoms with Crippen molar-refractivity contribution in [2.45, 2.75) is 13.5 Å². The van der Waals surface area contributed by atoms with Gasteiger partial charge in [-0.15, -0.1) is 0 Å². The monoisotopic (exact) mass is 298 g/mol. The number of hydrogen-bond donors (Lipinski definition) is 0. The fourth-order valence-corrected chi connectivity index (χ4v) is 2.34. The number of nitrogens with zero attached hydrogens (tertiary/aromatic N) is 2. The average Bonchev–Trinajstić information content (AvgIpc) is 2.93. The maximum atomic E-state index is 14.2. The zero-order valence-corrected chi connectivity index (χ0v) is 12.1. The van der Waals surface area contributed by atoms with Crippen molar-refractivity contribution in [3.8, 4) is 0 Å². The summed E-state index contributed by atoms with van der Waals surface area (Å²) < 4.78 is 20.9. The quantitative estimate of drug-likeness (QED) is 0.693. The lowest BCUT2D eigenvalue weighted by Crippen LogP contribution is -2.07. The second-order valence-electron chi connectivity index (χ2n) is 4.89. The molecule has 5 heteroatoms. The molecular weight excluding hydrogens is 283 g/mol. The molecule has 0 bridgehead atoms. The van der Waals surface area contributed by atoms with Crippen LogP contribution < -0.4 is 0 Å². The lowest BCUT2D eigenvalue weighted by Gasteiger charge is -2.08. The van der Waals surface area contributed by atoms with Crippen molar-refractivity contribution in [2.24, 2.45) is 0 Å². The molecule has 1 aromatic heterocycles. The maximum absolute atomic E-state index is 14.2. The van der Waals surface area contributed by atoms with E-state index in [0.29, 0.717) is 12.1 Å². The van der Waals surface area contributed by atoms with Crippen LogP contribution in [0.5, 0.6) is 0 Å². The van der Waals surface area contributed by atoms with E-state index in [1.54, 1.807) is 25.4 Å². The van der Waals surface area contributed by atoms with Gasteiger partial charge >= 0.3 is 5.97 Å². The fraction of sp³-hybridized carbons (Fsp3) is 0.176. The highest BCUT2D eigenvalue weighted by Crippen LogP contribution is 2.17. The fourth-order valence-electron chi connectivity index (χ4n) is 2.34. The van der Waals surface area contributed by atoms with Crippen molar-refractivity contribution in [1.82, 2.24) is 9.55 Å². The second-order valence-corrected chi connectivity index (χ2v) is 4.89. The first-order valence-corrected chi connectivity index (χ1v) is 7.04. The molecule has 0 aliphatic rings. The molecule has 0 spiro atoms. The molecular formula is C17H15FN2O2. The molecule has 0 saturated carbocycles. The van der Waals surface area contributed by atoms with Gasteiger partial charge in [0.05, 0.1) is 36.1 Å². The third-order valence-electron chi connectivity index (χ3n) is 3.43. The lowest BCUT2D eigenvalue weighted by atomic mass is 10.1. The smallest absolute Gasteiger partial charge is 0.338 e. The topological polar surface area (TPSA) is 44.1 Å². The van der Waals surface area contributed by atoms with Crippen LogP contribution in [0, 0.1) is 5.82 Å². The van der Waals surface area contributed by atoms with Crippen molar-refractivity contribution >= 4 is 17.0 Å². The zero-order chi connectivity index (χ0) is 15.5. The molecule has 0 amide bonds. The van der Waals surface area contributed by atoms with Gasteiger partial charge in [-0.2, -0.15) is 0 Å². The van der Waals surface area contributed by atoms with Crippen LogP contribution in [0.3, 0.4) is 0 Å². The number of halogens is 1. The number of ether oxygens (including phenoxy) is 1. The van der Waals surface area contributed by atoms with Crippen molar-refractivity contribution in [3.63, 3.8) is 0 Å². The second kappa shape index (κ2) is 5.97. The summed E-state index contributed by atoms with van der Waals surface area (Å²) in [5.74, 6) is -0.940. The summed E-state index contributed by atoms with van der Waals surface area (Å²) in [7, 11) is 0. The van der Waals surface area contributed by atoms with Crippen molar-refractivity contribution in [3.05, 3.63) is 65.7 Å². The first-order chi connectivity index (χ1) is 10.7. The Kier molecular flexibility index (Phi) is 3.87. The van der Waals surface area contributed by atoms with E-state index >= 15 is 0 Å². The summed E-state index contributed by atoms with van der Waals surface area (Å²) >= 11 is 0. The molecule has 1 heterocycles.